The highest BCUT2D eigenvalue weighted by Gasteiger charge is 2.49. The second kappa shape index (κ2) is 6.84. The zero-order valence-electron chi connectivity index (χ0n) is 14.7. The van der Waals surface area contributed by atoms with Gasteiger partial charge in [-0.1, -0.05) is 13.8 Å². The van der Waals surface area contributed by atoms with Crippen LogP contribution in [0.4, 0.5) is 0 Å². The van der Waals surface area contributed by atoms with Gasteiger partial charge in [-0.05, 0) is 52.4 Å². The summed E-state index contributed by atoms with van der Waals surface area (Å²) in [5.41, 5.74) is -0.148. The number of carbonyl (C=O) groups excluding carboxylic acids is 1. The fourth-order valence-electron chi connectivity index (χ4n) is 3.07. The number of hydrogen-bond acceptors (Lipinski definition) is 5. The molecule has 2 N–H and O–H groups in total. The van der Waals surface area contributed by atoms with E-state index in [1.165, 1.54) is 6.26 Å². The van der Waals surface area contributed by atoms with Crippen molar-refractivity contribution in [2.75, 3.05) is 40.0 Å². The van der Waals surface area contributed by atoms with Crippen LogP contribution in [0.2, 0.25) is 0 Å². The number of carbonyl (C=O) groups is 1. The Bertz CT molecular complexity index is 494. The van der Waals surface area contributed by atoms with Crippen LogP contribution in [0.15, 0.2) is 0 Å². The lowest BCUT2D eigenvalue weighted by atomic mass is 9.84. The van der Waals surface area contributed by atoms with Crippen molar-refractivity contribution in [3.63, 3.8) is 0 Å². The maximum Gasteiger partial charge on any atom is 0.241 e. The summed E-state index contributed by atoms with van der Waals surface area (Å²) in [5, 5.41) is 6.10. The van der Waals surface area contributed by atoms with Gasteiger partial charge in [0.1, 0.15) is 0 Å². The molecule has 22 heavy (non-hydrogen) atoms. The number of hydrogen-bond donors (Lipinski definition) is 2. The minimum absolute atomic E-state index is 0.115. The molecule has 6 nitrogen and oxygen atoms in total. The van der Waals surface area contributed by atoms with Crippen molar-refractivity contribution in [3.05, 3.63) is 0 Å². The van der Waals surface area contributed by atoms with E-state index in [0.717, 1.165) is 6.54 Å². The molecule has 1 heterocycles. The highest BCUT2D eigenvalue weighted by atomic mass is 32.2. The molecule has 1 saturated heterocycles. The lowest BCUT2D eigenvalue weighted by molar-refractivity contribution is -0.125. The molecular weight excluding hydrogens is 302 g/mol. The molecule has 0 aromatic carbocycles. The summed E-state index contributed by atoms with van der Waals surface area (Å²) in [6.07, 6.45) is 1.84. The fraction of sp³-hybridized carbons (Fsp3) is 0.933. The number of rotatable bonds is 6. The van der Waals surface area contributed by atoms with Gasteiger partial charge >= 0.3 is 0 Å². The summed E-state index contributed by atoms with van der Waals surface area (Å²) in [5.74, 6) is -0.351. The highest BCUT2D eigenvalue weighted by molar-refractivity contribution is 7.92. The molecule has 1 unspecified atom stereocenters. The smallest absolute Gasteiger partial charge is 0.241 e. The summed E-state index contributed by atoms with van der Waals surface area (Å²) in [6, 6.07) is -0.115. The predicted molar refractivity (Wildman–Crippen MR) is 89.6 cm³/mol. The van der Waals surface area contributed by atoms with Crippen molar-refractivity contribution >= 4 is 15.7 Å². The Morgan fingerprint density at radius 3 is 2.23 bits per heavy atom. The molecular formula is C15H31N3O3S. The Kier molecular flexibility index (Phi) is 6.03. The van der Waals surface area contributed by atoms with E-state index >= 15 is 0 Å². The number of amides is 1. The van der Waals surface area contributed by atoms with Gasteiger partial charge in [-0.3, -0.25) is 4.79 Å². The molecule has 0 aliphatic carbocycles. The largest absolute Gasteiger partial charge is 0.352 e. The van der Waals surface area contributed by atoms with Gasteiger partial charge in [-0.2, -0.15) is 0 Å². The number of nitrogens with zero attached hydrogens (tertiary/aromatic N) is 1. The highest BCUT2D eigenvalue weighted by Crippen LogP contribution is 2.29. The summed E-state index contributed by atoms with van der Waals surface area (Å²) in [6.45, 7) is 8.01. The van der Waals surface area contributed by atoms with Crippen molar-refractivity contribution in [1.82, 2.24) is 15.5 Å². The topological polar surface area (TPSA) is 78.5 Å². The first kappa shape index (κ1) is 19.4. The van der Waals surface area contributed by atoms with Crippen LogP contribution in [0.1, 0.15) is 33.6 Å². The SMILES string of the molecule is CC(NC(=O)C1(S(C)(=O)=O)CCNCC1)C(C)(C)CN(C)C. The van der Waals surface area contributed by atoms with E-state index in [1.54, 1.807) is 0 Å². The van der Waals surface area contributed by atoms with Crippen LogP contribution in [-0.4, -0.2) is 70.0 Å². The fourth-order valence-corrected chi connectivity index (χ4v) is 4.41. The Hall–Kier alpha value is -0.660. The third-order valence-electron chi connectivity index (χ3n) is 4.78. The van der Waals surface area contributed by atoms with Crippen LogP contribution in [0.3, 0.4) is 0 Å². The number of nitrogens with one attached hydrogen (secondary N) is 2. The molecule has 7 heteroatoms. The van der Waals surface area contributed by atoms with Crippen molar-refractivity contribution in [3.8, 4) is 0 Å². The maximum atomic E-state index is 12.8. The lowest BCUT2D eigenvalue weighted by Crippen LogP contribution is -2.60. The molecule has 1 aliphatic heterocycles. The Labute approximate surface area is 134 Å². The zero-order valence-corrected chi connectivity index (χ0v) is 15.5. The van der Waals surface area contributed by atoms with Gasteiger partial charge in [0, 0.05) is 18.8 Å². The first-order valence-corrected chi connectivity index (χ1v) is 9.67. The van der Waals surface area contributed by atoms with Crippen molar-refractivity contribution in [2.45, 2.75) is 44.4 Å². The van der Waals surface area contributed by atoms with E-state index in [2.05, 4.69) is 29.4 Å². The maximum absolute atomic E-state index is 12.8. The Morgan fingerprint density at radius 2 is 1.82 bits per heavy atom. The zero-order chi connectivity index (χ0) is 17.2. The monoisotopic (exact) mass is 333 g/mol. The summed E-state index contributed by atoms with van der Waals surface area (Å²) in [7, 11) is 0.511. The number of piperidine rings is 1. The van der Waals surface area contributed by atoms with E-state index < -0.39 is 14.6 Å². The molecule has 0 aromatic rings. The molecule has 1 atom stereocenters. The van der Waals surface area contributed by atoms with Gasteiger partial charge in [0.15, 0.2) is 14.6 Å². The standard InChI is InChI=1S/C15H31N3O3S/c1-12(14(2,3)11-18(4)5)17-13(19)15(22(6,20)21)7-9-16-10-8-15/h12,16H,7-11H2,1-6H3,(H,17,19). The quantitative estimate of drug-likeness (QED) is 0.728. The molecule has 0 saturated carbocycles. The van der Waals surface area contributed by atoms with Crippen molar-refractivity contribution in [2.24, 2.45) is 5.41 Å². The molecule has 0 radical (unpaired) electrons. The molecule has 1 fully saturated rings. The first-order chi connectivity index (χ1) is 9.92. The summed E-state index contributed by atoms with van der Waals surface area (Å²) >= 11 is 0. The first-order valence-electron chi connectivity index (χ1n) is 7.78. The average molecular weight is 333 g/mol. The van der Waals surface area contributed by atoms with Crippen molar-refractivity contribution in [1.29, 1.82) is 0 Å². The lowest BCUT2D eigenvalue weighted by Gasteiger charge is -2.39. The third-order valence-corrected chi connectivity index (χ3v) is 6.79. The van der Waals surface area contributed by atoms with Crippen LogP contribution in [0.25, 0.3) is 0 Å². The van der Waals surface area contributed by atoms with Crippen LogP contribution in [-0.2, 0) is 14.6 Å². The Morgan fingerprint density at radius 1 is 1.32 bits per heavy atom. The summed E-state index contributed by atoms with van der Waals surface area (Å²) in [4.78, 5) is 14.8. The minimum Gasteiger partial charge on any atom is -0.352 e. The van der Waals surface area contributed by atoms with Crippen LogP contribution in [0, 0.1) is 5.41 Å². The van der Waals surface area contributed by atoms with Crippen LogP contribution >= 0.6 is 0 Å². The van der Waals surface area contributed by atoms with Gasteiger partial charge in [0.05, 0.1) is 0 Å². The predicted octanol–water partition coefficient (Wildman–Crippen LogP) is 0.246. The van der Waals surface area contributed by atoms with Gasteiger partial charge in [-0.25, -0.2) is 8.42 Å². The van der Waals surface area contributed by atoms with E-state index in [-0.39, 0.29) is 17.4 Å². The van der Waals surface area contributed by atoms with Gasteiger partial charge in [0.25, 0.3) is 0 Å². The van der Waals surface area contributed by atoms with E-state index in [1.807, 2.05) is 21.0 Å². The molecule has 130 valence electrons. The second-order valence-corrected chi connectivity index (χ2v) is 9.76. The van der Waals surface area contributed by atoms with Crippen LogP contribution < -0.4 is 10.6 Å². The molecule has 1 amide bonds. The molecule has 1 rings (SSSR count). The van der Waals surface area contributed by atoms with Crippen LogP contribution in [0.5, 0.6) is 0 Å². The normalized spacial score (nSPS) is 20.7. The Balaban J connectivity index is 2.93. The third kappa shape index (κ3) is 4.20. The molecule has 1 aliphatic rings. The van der Waals surface area contributed by atoms with Gasteiger partial charge in [0.2, 0.25) is 5.91 Å². The van der Waals surface area contributed by atoms with Gasteiger partial charge in [-0.15, -0.1) is 0 Å². The molecule has 0 spiro atoms. The van der Waals surface area contributed by atoms with E-state index in [4.69, 9.17) is 0 Å². The minimum atomic E-state index is -3.46. The number of sulfone groups is 1. The van der Waals surface area contributed by atoms with E-state index in [9.17, 15) is 13.2 Å². The second-order valence-electron chi connectivity index (χ2n) is 7.44. The average Bonchev–Trinajstić information content (AvgIpc) is 2.36. The molecule has 0 bridgehead atoms. The summed E-state index contributed by atoms with van der Waals surface area (Å²) < 4.78 is 23.2. The van der Waals surface area contributed by atoms with Gasteiger partial charge < -0.3 is 15.5 Å². The molecule has 0 aromatic heterocycles. The van der Waals surface area contributed by atoms with E-state index in [0.29, 0.717) is 25.9 Å². The van der Waals surface area contributed by atoms with Crippen molar-refractivity contribution < 1.29 is 13.2 Å².